The quantitative estimate of drug-likeness (QED) is 0.809. The summed E-state index contributed by atoms with van der Waals surface area (Å²) in [5.41, 5.74) is 5.37. The Morgan fingerprint density at radius 3 is 2.77 bits per heavy atom. The SMILES string of the molecule is Nc1n[nH]c(-c2ccc(Br)o2)c1F. The van der Waals surface area contributed by atoms with E-state index in [9.17, 15) is 4.39 Å². The first-order chi connectivity index (χ1) is 6.18. The van der Waals surface area contributed by atoms with Crippen LogP contribution < -0.4 is 5.73 Å². The number of anilines is 1. The van der Waals surface area contributed by atoms with E-state index in [2.05, 4.69) is 26.1 Å². The molecule has 2 heterocycles. The van der Waals surface area contributed by atoms with Gasteiger partial charge in [0.2, 0.25) is 0 Å². The summed E-state index contributed by atoms with van der Waals surface area (Å²) in [5.74, 6) is -0.405. The first kappa shape index (κ1) is 8.31. The third-order valence-corrected chi connectivity index (χ3v) is 1.98. The third-order valence-electron chi connectivity index (χ3n) is 1.55. The van der Waals surface area contributed by atoms with Crippen molar-refractivity contribution in [2.24, 2.45) is 0 Å². The lowest BCUT2D eigenvalue weighted by molar-refractivity contribution is 0.546. The summed E-state index contributed by atoms with van der Waals surface area (Å²) in [4.78, 5) is 0. The molecule has 0 aliphatic carbocycles. The average molecular weight is 246 g/mol. The minimum atomic E-state index is -0.596. The van der Waals surface area contributed by atoms with Gasteiger partial charge in [-0.25, -0.2) is 4.39 Å². The van der Waals surface area contributed by atoms with E-state index in [4.69, 9.17) is 10.2 Å². The minimum absolute atomic E-state index is 0.156. The lowest BCUT2D eigenvalue weighted by atomic mass is 10.3. The van der Waals surface area contributed by atoms with Crippen molar-refractivity contribution >= 4 is 21.7 Å². The zero-order valence-electron chi connectivity index (χ0n) is 6.34. The van der Waals surface area contributed by atoms with Gasteiger partial charge in [0.05, 0.1) is 0 Å². The van der Waals surface area contributed by atoms with Crippen LogP contribution in [-0.4, -0.2) is 10.2 Å². The maximum Gasteiger partial charge on any atom is 0.195 e. The average Bonchev–Trinajstić information content (AvgIpc) is 2.62. The van der Waals surface area contributed by atoms with Crippen LogP contribution in [-0.2, 0) is 0 Å². The second kappa shape index (κ2) is 2.88. The Bertz CT molecular complexity index is 437. The van der Waals surface area contributed by atoms with E-state index < -0.39 is 5.82 Å². The number of aromatic amines is 1. The predicted octanol–water partition coefficient (Wildman–Crippen LogP) is 2.15. The van der Waals surface area contributed by atoms with Crippen molar-refractivity contribution in [1.29, 1.82) is 0 Å². The highest BCUT2D eigenvalue weighted by Crippen LogP contribution is 2.27. The molecule has 4 nitrogen and oxygen atoms in total. The molecule has 0 aromatic carbocycles. The molecule has 0 aliphatic heterocycles. The summed E-state index contributed by atoms with van der Waals surface area (Å²) in [6.45, 7) is 0. The van der Waals surface area contributed by atoms with Crippen molar-refractivity contribution in [2.45, 2.75) is 0 Å². The number of nitrogen functional groups attached to an aromatic ring is 1. The zero-order chi connectivity index (χ0) is 9.42. The van der Waals surface area contributed by atoms with Gasteiger partial charge in [-0.05, 0) is 28.1 Å². The molecule has 0 unspecified atom stereocenters. The van der Waals surface area contributed by atoms with Crippen LogP contribution in [0.15, 0.2) is 21.2 Å². The Balaban J connectivity index is 2.52. The Kier molecular flexibility index (Phi) is 1.84. The molecule has 2 aromatic rings. The molecule has 0 aliphatic rings. The van der Waals surface area contributed by atoms with Gasteiger partial charge in [-0.2, -0.15) is 5.10 Å². The first-order valence-corrected chi connectivity index (χ1v) is 4.23. The maximum atomic E-state index is 13.2. The molecule has 3 N–H and O–H groups in total. The van der Waals surface area contributed by atoms with Gasteiger partial charge in [-0.15, -0.1) is 0 Å². The Hall–Kier alpha value is -1.30. The minimum Gasteiger partial charge on any atom is -0.448 e. The predicted molar refractivity (Wildman–Crippen MR) is 48.4 cm³/mol. The second-order valence-corrected chi connectivity index (χ2v) is 3.18. The molecule has 0 saturated heterocycles. The number of aromatic nitrogens is 2. The smallest absolute Gasteiger partial charge is 0.195 e. The lowest BCUT2D eigenvalue weighted by Crippen LogP contribution is -1.86. The van der Waals surface area contributed by atoms with Gasteiger partial charge in [-0.3, -0.25) is 5.10 Å². The van der Waals surface area contributed by atoms with Crippen molar-refractivity contribution in [3.8, 4) is 11.5 Å². The molecule has 0 saturated carbocycles. The molecule has 6 heteroatoms. The number of nitrogens with one attached hydrogen (secondary N) is 1. The van der Waals surface area contributed by atoms with Gasteiger partial charge >= 0.3 is 0 Å². The fourth-order valence-electron chi connectivity index (χ4n) is 0.954. The van der Waals surface area contributed by atoms with E-state index in [-0.39, 0.29) is 11.5 Å². The summed E-state index contributed by atoms with van der Waals surface area (Å²) in [6.07, 6.45) is 0. The van der Waals surface area contributed by atoms with Gasteiger partial charge in [0.15, 0.2) is 22.1 Å². The molecule has 0 bridgehead atoms. The molecule has 0 spiro atoms. The third kappa shape index (κ3) is 1.33. The molecule has 68 valence electrons. The second-order valence-electron chi connectivity index (χ2n) is 2.40. The van der Waals surface area contributed by atoms with E-state index in [1.165, 1.54) is 0 Å². The molecule has 0 fully saturated rings. The standard InChI is InChI=1S/C7H5BrFN3O/c8-4-2-1-3(13-4)6-5(9)7(10)12-11-6/h1-2H,(H3,10,11,12). The van der Waals surface area contributed by atoms with Gasteiger partial charge in [0.25, 0.3) is 0 Å². The van der Waals surface area contributed by atoms with Gasteiger partial charge in [0.1, 0.15) is 5.69 Å². The highest BCUT2D eigenvalue weighted by Gasteiger charge is 2.14. The van der Waals surface area contributed by atoms with Crippen LogP contribution in [0.3, 0.4) is 0 Å². The van der Waals surface area contributed by atoms with Crippen molar-refractivity contribution in [1.82, 2.24) is 10.2 Å². The van der Waals surface area contributed by atoms with Gasteiger partial charge in [-0.1, -0.05) is 0 Å². The van der Waals surface area contributed by atoms with Crippen molar-refractivity contribution in [3.63, 3.8) is 0 Å². The number of nitrogens with two attached hydrogens (primary N) is 1. The van der Waals surface area contributed by atoms with E-state index in [1.54, 1.807) is 12.1 Å². The largest absolute Gasteiger partial charge is 0.448 e. The number of halogens is 2. The van der Waals surface area contributed by atoms with Gasteiger partial charge < -0.3 is 10.2 Å². The van der Waals surface area contributed by atoms with Crippen molar-refractivity contribution in [3.05, 3.63) is 22.6 Å². The summed E-state index contributed by atoms with van der Waals surface area (Å²) >= 11 is 3.11. The molecule has 0 atom stereocenters. The van der Waals surface area contributed by atoms with E-state index >= 15 is 0 Å². The van der Waals surface area contributed by atoms with E-state index in [1.807, 2.05) is 0 Å². The number of rotatable bonds is 1. The molecule has 2 rings (SSSR count). The number of hydrogen-bond donors (Lipinski definition) is 2. The van der Waals surface area contributed by atoms with Crippen LogP contribution in [0.1, 0.15) is 0 Å². The molecule has 2 aromatic heterocycles. The highest BCUT2D eigenvalue weighted by molar-refractivity contribution is 9.10. The van der Waals surface area contributed by atoms with Crippen LogP contribution in [0.25, 0.3) is 11.5 Å². The number of H-pyrrole nitrogens is 1. The Morgan fingerprint density at radius 1 is 1.54 bits per heavy atom. The number of furan rings is 1. The number of hydrogen-bond acceptors (Lipinski definition) is 3. The normalized spacial score (nSPS) is 10.6. The van der Waals surface area contributed by atoms with Crippen molar-refractivity contribution < 1.29 is 8.81 Å². The Labute approximate surface area is 81.1 Å². The van der Waals surface area contributed by atoms with Crippen molar-refractivity contribution in [2.75, 3.05) is 5.73 Å². The topological polar surface area (TPSA) is 67.8 Å². The Morgan fingerprint density at radius 2 is 2.31 bits per heavy atom. The molecular weight excluding hydrogens is 241 g/mol. The number of nitrogens with zero attached hydrogens (tertiary/aromatic N) is 1. The molecule has 13 heavy (non-hydrogen) atoms. The fraction of sp³-hybridized carbons (Fsp3) is 0. The summed E-state index contributed by atoms with van der Waals surface area (Å²) in [7, 11) is 0. The van der Waals surface area contributed by atoms with E-state index in [0.29, 0.717) is 10.4 Å². The highest BCUT2D eigenvalue weighted by atomic mass is 79.9. The van der Waals surface area contributed by atoms with Crippen LogP contribution in [0.2, 0.25) is 0 Å². The molecule has 0 radical (unpaired) electrons. The van der Waals surface area contributed by atoms with E-state index in [0.717, 1.165) is 0 Å². The van der Waals surface area contributed by atoms with Crippen LogP contribution in [0, 0.1) is 5.82 Å². The van der Waals surface area contributed by atoms with Crippen LogP contribution >= 0.6 is 15.9 Å². The molecule has 0 amide bonds. The molecular formula is C7H5BrFN3O. The zero-order valence-corrected chi connectivity index (χ0v) is 7.93. The van der Waals surface area contributed by atoms with Crippen LogP contribution in [0.5, 0.6) is 0 Å². The fourth-order valence-corrected chi connectivity index (χ4v) is 1.26. The van der Waals surface area contributed by atoms with Crippen LogP contribution in [0.4, 0.5) is 10.2 Å². The summed E-state index contributed by atoms with van der Waals surface area (Å²) in [6, 6.07) is 3.27. The van der Waals surface area contributed by atoms with Gasteiger partial charge in [0, 0.05) is 0 Å². The lowest BCUT2D eigenvalue weighted by Gasteiger charge is -1.89. The first-order valence-electron chi connectivity index (χ1n) is 3.43. The monoisotopic (exact) mass is 245 g/mol. The summed E-state index contributed by atoms with van der Waals surface area (Å²) < 4.78 is 18.8. The summed E-state index contributed by atoms with van der Waals surface area (Å²) in [5, 5.41) is 5.94. The maximum absolute atomic E-state index is 13.2.